The molecule has 2 heterocycles. The van der Waals surface area contributed by atoms with Crippen LogP contribution in [0.15, 0.2) is 29.1 Å². The molecule has 1 saturated heterocycles. The van der Waals surface area contributed by atoms with Gasteiger partial charge >= 0.3 is 5.69 Å². The minimum Gasteiger partial charge on any atom is -0.495 e. The van der Waals surface area contributed by atoms with Gasteiger partial charge in [-0.3, -0.25) is 14.2 Å². The molecular weight excluding hydrogens is 386 g/mol. The first-order chi connectivity index (χ1) is 14.5. The summed E-state index contributed by atoms with van der Waals surface area (Å²) in [4.78, 5) is 39.3. The van der Waals surface area contributed by atoms with E-state index in [0.29, 0.717) is 30.4 Å². The standard InChI is InChI=1S/C21H27N5O4/c1-24-19(14-9-11-25(12-10-14)20(28)15-7-8-15)23-26(21(24)29)13-18(27)22-16-5-3-4-6-17(16)30-2/h3-6,14-15H,7-13H2,1-2H3,(H,22,27). The summed E-state index contributed by atoms with van der Waals surface area (Å²) in [6, 6.07) is 7.10. The molecular formula is C21H27N5O4. The molecule has 9 heteroatoms. The Kier molecular flexibility index (Phi) is 5.61. The molecule has 0 unspecified atom stereocenters. The number of hydrogen-bond acceptors (Lipinski definition) is 5. The lowest BCUT2D eigenvalue weighted by atomic mass is 9.95. The molecule has 0 bridgehead atoms. The maximum atomic E-state index is 12.6. The van der Waals surface area contributed by atoms with Crippen LogP contribution in [0.4, 0.5) is 5.69 Å². The molecule has 1 aliphatic heterocycles. The number of amides is 2. The fourth-order valence-corrected chi connectivity index (χ4v) is 3.98. The Morgan fingerprint density at radius 3 is 2.53 bits per heavy atom. The van der Waals surface area contributed by atoms with Gasteiger partial charge in [0.2, 0.25) is 11.8 Å². The van der Waals surface area contributed by atoms with E-state index in [-0.39, 0.29) is 35.9 Å². The van der Waals surface area contributed by atoms with Crippen molar-refractivity contribution in [2.24, 2.45) is 13.0 Å². The topological polar surface area (TPSA) is 98.5 Å². The van der Waals surface area contributed by atoms with Crippen LogP contribution in [0, 0.1) is 5.92 Å². The summed E-state index contributed by atoms with van der Waals surface area (Å²) in [5.74, 6) is 1.46. The van der Waals surface area contributed by atoms with Gasteiger partial charge in [-0.1, -0.05) is 12.1 Å². The number of methoxy groups -OCH3 is 1. The molecule has 1 aromatic heterocycles. The summed E-state index contributed by atoms with van der Waals surface area (Å²) in [6.45, 7) is 1.20. The van der Waals surface area contributed by atoms with Gasteiger partial charge in [0.25, 0.3) is 0 Å². The highest BCUT2D eigenvalue weighted by molar-refractivity contribution is 5.92. The van der Waals surface area contributed by atoms with Gasteiger partial charge in [-0.15, -0.1) is 0 Å². The number of carbonyl (C=O) groups excluding carboxylic acids is 2. The Balaban J connectivity index is 1.41. The van der Waals surface area contributed by atoms with Gasteiger partial charge in [0.15, 0.2) is 0 Å². The van der Waals surface area contributed by atoms with Crippen molar-refractivity contribution >= 4 is 17.5 Å². The smallest absolute Gasteiger partial charge is 0.346 e. The summed E-state index contributed by atoms with van der Waals surface area (Å²) in [5.41, 5.74) is 0.221. The summed E-state index contributed by atoms with van der Waals surface area (Å²) >= 11 is 0. The second-order valence-electron chi connectivity index (χ2n) is 7.98. The second-order valence-corrected chi connectivity index (χ2v) is 7.98. The second kappa shape index (κ2) is 8.33. The molecule has 30 heavy (non-hydrogen) atoms. The van der Waals surface area contributed by atoms with Gasteiger partial charge in [0, 0.05) is 32.0 Å². The summed E-state index contributed by atoms with van der Waals surface area (Å²) in [5, 5.41) is 7.21. The number of ether oxygens (including phenoxy) is 1. The number of rotatable bonds is 6. The van der Waals surface area contributed by atoms with Gasteiger partial charge in [-0.05, 0) is 37.8 Å². The third-order valence-corrected chi connectivity index (χ3v) is 5.85. The number of benzene rings is 1. The molecule has 2 amide bonds. The fourth-order valence-electron chi connectivity index (χ4n) is 3.98. The maximum Gasteiger partial charge on any atom is 0.346 e. The summed E-state index contributed by atoms with van der Waals surface area (Å²) in [7, 11) is 3.21. The van der Waals surface area contributed by atoms with E-state index in [1.165, 1.54) is 16.4 Å². The molecule has 1 N–H and O–H groups in total. The number of hydrogen-bond donors (Lipinski definition) is 1. The molecule has 2 aliphatic rings. The first-order valence-corrected chi connectivity index (χ1v) is 10.3. The minimum atomic E-state index is -0.351. The van der Waals surface area contributed by atoms with Crippen LogP contribution in [0.25, 0.3) is 0 Å². The van der Waals surface area contributed by atoms with E-state index >= 15 is 0 Å². The van der Waals surface area contributed by atoms with E-state index in [1.807, 2.05) is 11.0 Å². The van der Waals surface area contributed by atoms with E-state index in [2.05, 4.69) is 10.4 Å². The van der Waals surface area contributed by atoms with E-state index in [0.717, 1.165) is 25.7 Å². The molecule has 160 valence electrons. The van der Waals surface area contributed by atoms with Gasteiger partial charge in [0.05, 0.1) is 12.8 Å². The highest BCUT2D eigenvalue weighted by Gasteiger charge is 2.36. The molecule has 1 aromatic carbocycles. The van der Waals surface area contributed by atoms with E-state index in [1.54, 1.807) is 25.2 Å². The average Bonchev–Trinajstić information content (AvgIpc) is 3.57. The number of likely N-dealkylation sites (tertiary alicyclic amines) is 1. The van der Waals surface area contributed by atoms with Crippen molar-refractivity contribution in [1.82, 2.24) is 19.2 Å². The molecule has 0 atom stereocenters. The largest absolute Gasteiger partial charge is 0.495 e. The van der Waals surface area contributed by atoms with Crippen LogP contribution in [0.1, 0.15) is 37.4 Å². The summed E-state index contributed by atoms with van der Waals surface area (Å²) in [6.07, 6.45) is 3.56. The van der Waals surface area contributed by atoms with Crippen molar-refractivity contribution in [3.63, 3.8) is 0 Å². The van der Waals surface area contributed by atoms with Gasteiger partial charge in [-0.25, -0.2) is 9.48 Å². The van der Waals surface area contributed by atoms with E-state index < -0.39 is 0 Å². The molecule has 4 rings (SSSR count). The zero-order valence-corrected chi connectivity index (χ0v) is 17.3. The van der Waals surface area contributed by atoms with Crippen LogP contribution < -0.4 is 15.7 Å². The van der Waals surface area contributed by atoms with Crippen LogP contribution >= 0.6 is 0 Å². The van der Waals surface area contributed by atoms with Crippen molar-refractivity contribution in [2.45, 2.75) is 38.1 Å². The molecule has 2 fully saturated rings. The molecule has 0 spiro atoms. The fraction of sp³-hybridized carbons (Fsp3) is 0.524. The van der Waals surface area contributed by atoms with Crippen LogP contribution in [0.3, 0.4) is 0 Å². The lowest BCUT2D eigenvalue weighted by molar-refractivity contribution is -0.133. The third-order valence-electron chi connectivity index (χ3n) is 5.85. The van der Waals surface area contributed by atoms with Crippen LogP contribution in [-0.4, -0.2) is 51.3 Å². The highest BCUT2D eigenvalue weighted by Crippen LogP contribution is 2.33. The first-order valence-electron chi connectivity index (χ1n) is 10.3. The maximum absolute atomic E-state index is 12.6. The number of piperidine rings is 1. The zero-order chi connectivity index (χ0) is 21.3. The third kappa shape index (κ3) is 4.10. The molecule has 1 aliphatic carbocycles. The van der Waals surface area contributed by atoms with Crippen molar-refractivity contribution < 1.29 is 14.3 Å². The molecule has 9 nitrogen and oxygen atoms in total. The molecule has 1 saturated carbocycles. The number of nitrogens with zero attached hydrogens (tertiary/aromatic N) is 4. The summed E-state index contributed by atoms with van der Waals surface area (Å²) < 4.78 is 7.95. The quantitative estimate of drug-likeness (QED) is 0.771. The Morgan fingerprint density at radius 1 is 1.17 bits per heavy atom. The van der Waals surface area contributed by atoms with E-state index in [9.17, 15) is 14.4 Å². The Morgan fingerprint density at radius 2 is 1.87 bits per heavy atom. The van der Waals surface area contributed by atoms with Crippen molar-refractivity contribution in [3.05, 3.63) is 40.6 Å². The normalized spacial score (nSPS) is 17.1. The predicted octanol–water partition coefficient (Wildman–Crippen LogP) is 1.35. The molecule has 2 aromatic rings. The average molecular weight is 413 g/mol. The number of anilines is 1. The molecule has 0 radical (unpaired) electrons. The first kappa shape index (κ1) is 20.2. The predicted molar refractivity (Wildman–Crippen MR) is 110 cm³/mol. The Labute approximate surface area is 174 Å². The van der Waals surface area contributed by atoms with Crippen molar-refractivity contribution in [2.75, 3.05) is 25.5 Å². The highest BCUT2D eigenvalue weighted by atomic mass is 16.5. The SMILES string of the molecule is COc1ccccc1NC(=O)Cn1nc(C2CCN(C(=O)C3CC3)CC2)n(C)c1=O. The Bertz CT molecular complexity index is 999. The number of carbonyl (C=O) groups is 2. The lowest BCUT2D eigenvalue weighted by Gasteiger charge is -2.31. The van der Waals surface area contributed by atoms with Gasteiger partial charge < -0.3 is 15.0 Å². The van der Waals surface area contributed by atoms with Gasteiger partial charge in [0.1, 0.15) is 18.1 Å². The van der Waals surface area contributed by atoms with Crippen molar-refractivity contribution in [3.8, 4) is 5.75 Å². The number of para-hydroxylation sites is 2. The number of aromatic nitrogens is 3. The number of nitrogens with one attached hydrogen (secondary N) is 1. The van der Waals surface area contributed by atoms with Gasteiger partial charge in [-0.2, -0.15) is 5.10 Å². The lowest BCUT2D eigenvalue weighted by Crippen LogP contribution is -2.39. The monoisotopic (exact) mass is 413 g/mol. The van der Waals surface area contributed by atoms with Crippen LogP contribution in [0.2, 0.25) is 0 Å². The van der Waals surface area contributed by atoms with Crippen LogP contribution in [-0.2, 0) is 23.2 Å². The van der Waals surface area contributed by atoms with Crippen LogP contribution in [0.5, 0.6) is 5.75 Å². The zero-order valence-electron chi connectivity index (χ0n) is 17.3. The Hall–Kier alpha value is -3.10. The van der Waals surface area contributed by atoms with Crippen molar-refractivity contribution in [1.29, 1.82) is 0 Å². The minimum absolute atomic E-state index is 0.101. The van der Waals surface area contributed by atoms with E-state index in [4.69, 9.17) is 4.74 Å².